The number of benzene rings is 1. The predicted molar refractivity (Wildman–Crippen MR) is 114 cm³/mol. The third-order valence-corrected chi connectivity index (χ3v) is 6.15. The van der Waals surface area contributed by atoms with Gasteiger partial charge in [-0.15, -0.1) is 11.3 Å². The van der Waals surface area contributed by atoms with Gasteiger partial charge in [0, 0.05) is 38.3 Å². The number of nitrogens with one attached hydrogen (secondary N) is 1. The first kappa shape index (κ1) is 20.8. The molecule has 1 aliphatic rings. The SMILES string of the molecule is CCOc1ccc(-c2nc(C)c(C(=O)NCCCN3CCN(C)CC3)s2)cc1. The second kappa shape index (κ2) is 10.0. The Kier molecular flexibility index (Phi) is 7.42. The van der Waals surface area contributed by atoms with Crippen LogP contribution in [-0.2, 0) is 0 Å². The maximum absolute atomic E-state index is 12.6. The standard InChI is InChI=1S/C21H30N4O2S/c1-4-27-18-8-6-17(7-9-18)21-23-16(2)19(28-21)20(26)22-10-5-11-25-14-12-24(3)13-15-25/h6-9H,4-5,10-15H2,1-3H3,(H,22,26). The highest BCUT2D eigenvalue weighted by molar-refractivity contribution is 7.17. The van der Waals surface area contributed by atoms with E-state index in [9.17, 15) is 4.79 Å². The van der Waals surface area contributed by atoms with Gasteiger partial charge in [-0.05, 0) is 58.1 Å². The molecule has 0 atom stereocenters. The van der Waals surface area contributed by atoms with E-state index in [2.05, 4.69) is 27.1 Å². The molecule has 1 saturated heterocycles. The van der Waals surface area contributed by atoms with E-state index in [0.717, 1.165) is 61.2 Å². The summed E-state index contributed by atoms with van der Waals surface area (Å²) in [6, 6.07) is 7.85. The zero-order valence-electron chi connectivity index (χ0n) is 17.0. The molecule has 1 amide bonds. The number of thiazole rings is 1. The van der Waals surface area contributed by atoms with E-state index in [0.29, 0.717) is 18.0 Å². The second-order valence-corrected chi connectivity index (χ2v) is 8.14. The first-order chi connectivity index (χ1) is 13.6. The Balaban J connectivity index is 1.50. The lowest BCUT2D eigenvalue weighted by Crippen LogP contribution is -2.45. The molecule has 152 valence electrons. The zero-order chi connectivity index (χ0) is 19.9. The van der Waals surface area contributed by atoms with Crippen molar-refractivity contribution in [3.8, 4) is 16.3 Å². The average molecular weight is 403 g/mol. The van der Waals surface area contributed by atoms with Crippen LogP contribution in [0.15, 0.2) is 24.3 Å². The number of aromatic nitrogens is 1. The van der Waals surface area contributed by atoms with Gasteiger partial charge in [-0.3, -0.25) is 4.79 Å². The van der Waals surface area contributed by atoms with Crippen LogP contribution in [0, 0.1) is 6.92 Å². The fourth-order valence-electron chi connectivity index (χ4n) is 3.25. The van der Waals surface area contributed by atoms with E-state index in [-0.39, 0.29) is 5.91 Å². The van der Waals surface area contributed by atoms with Crippen LogP contribution in [-0.4, -0.2) is 73.6 Å². The second-order valence-electron chi connectivity index (χ2n) is 7.15. The summed E-state index contributed by atoms with van der Waals surface area (Å²) < 4.78 is 5.48. The third kappa shape index (κ3) is 5.53. The fourth-order valence-corrected chi connectivity index (χ4v) is 4.24. The van der Waals surface area contributed by atoms with Crippen molar-refractivity contribution < 1.29 is 9.53 Å². The molecule has 1 aromatic carbocycles. The number of likely N-dealkylation sites (N-methyl/N-ethyl adjacent to an activating group) is 1. The molecule has 0 bridgehead atoms. The van der Waals surface area contributed by atoms with E-state index in [1.807, 2.05) is 38.1 Å². The number of nitrogens with zero attached hydrogens (tertiary/aromatic N) is 3. The van der Waals surface area contributed by atoms with E-state index in [4.69, 9.17) is 4.74 Å². The van der Waals surface area contributed by atoms with Crippen LogP contribution in [0.1, 0.15) is 28.7 Å². The minimum absolute atomic E-state index is 0.0226. The van der Waals surface area contributed by atoms with Crippen LogP contribution in [0.3, 0.4) is 0 Å². The molecule has 1 N–H and O–H groups in total. The summed E-state index contributed by atoms with van der Waals surface area (Å²) >= 11 is 1.45. The average Bonchev–Trinajstić information content (AvgIpc) is 3.09. The van der Waals surface area contributed by atoms with Gasteiger partial charge in [0.2, 0.25) is 0 Å². The monoisotopic (exact) mass is 402 g/mol. The lowest BCUT2D eigenvalue weighted by molar-refractivity contribution is 0.0952. The Hall–Kier alpha value is -1.96. The maximum atomic E-state index is 12.6. The molecular weight excluding hydrogens is 372 g/mol. The molecule has 2 heterocycles. The Morgan fingerprint density at radius 1 is 1.21 bits per heavy atom. The largest absolute Gasteiger partial charge is 0.494 e. The lowest BCUT2D eigenvalue weighted by atomic mass is 10.2. The molecule has 0 radical (unpaired) electrons. The Bertz CT molecular complexity index is 767. The molecule has 28 heavy (non-hydrogen) atoms. The molecule has 0 aliphatic carbocycles. The van der Waals surface area contributed by atoms with Crippen LogP contribution < -0.4 is 10.1 Å². The van der Waals surface area contributed by atoms with Crippen molar-refractivity contribution >= 4 is 17.2 Å². The van der Waals surface area contributed by atoms with Gasteiger partial charge in [-0.1, -0.05) is 0 Å². The molecule has 1 aliphatic heterocycles. The molecule has 2 aromatic rings. The van der Waals surface area contributed by atoms with Crippen LogP contribution in [0.5, 0.6) is 5.75 Å². The van der Waals surface area contributed by atoms with Crippen molar-refractivity contribution in [2.75, 3.05) is 52.9 Å². The quantitative estimate of drug-likeness (QED) is 0.688. The smallest absolute Gasteiger partial charge is 0.263 e. The van der Waals surface area contributed by atoms with Gasteiger partial charge in [-0.25, -0.2) is 4.98 Å². The summed E-state index contributed by atoms with van der Waals surface area (Å²) in [6.45, 7) is 10.7. The zero-order valence-corrected chi connectivity index (χ0v) is 17.8. The minimum atomic E-state index is -0.0226. The van der Waals surface area contributed by atoms with Crippen molar-refractivity contribution in [2.24, 2.45) is 0 Å². The number of rotatable bonds is 8. The Morgan fingerprint density at radius 3 is 2.61 bits per heavy atom. The number of piperazine rings is 1. The number of ether oxygens (including phenoxy) is 1. The first-order valence-corrected chi connectivity index (χ1v) is 10.8. The summed E-state index contributed by atoms with van der Waals surface area (Å²) in [5.74, 6) is 0.823. The third-order valence-electron chi connectivity index (χ3n) is 4.95. The molecule has 7 heteroatoms. The highest BCUT2D eigenvalue weighted by Crippen LogP contribution is 2.29. The van der Waals surface area contributed by atoms with Gasteiger partial charge in [0.05, 0.1) is 12.3 Å². The summed E-state index contributed by atoms with van der Waals surface area (Å²) in [5.41, 5.74) is 1.79. The van der Waals surface area contributed by atoms with Gasteiger partial charge in [0.15, 0.2) is 0 Å². The van der Waals surface area contributed by atoms with Crippen LogP contribution in [0.2, 0.25) is 0 Å². The molecule has 0 unspecified atom stereocenters. The Labute approximate surface area is 171 Å². The number of carbonyl (C=O) groups is 1. The molecule has 6 nitrogen and oxygen atoms in total. The topological polar surface area (TPSA) is 57.7 Å². The number of hydrogen-bond donors (Lipinski definition) is 1. The van der Waals surface area contributed by atoms with Crippen LogP contribution in [0.4, 0.5) is 0 Å². The van der Waals surface area contributed by atoms with E-state index < -0.39 is 0 Å². The molecule has 3 rings (SSSR count). The van der Waals surface area contributed by atoms with Crippen molar-refractivity contribution in [1.82, 2.24) is 20.1 Å². The molecule has 1 fully saturated rings. The number of aryl methyl sites for hydroxylation is 1. The molecule has 0 saturated carbocycles. The predicted octanol–water partition coefficient (Wildman–Crippen LogP) is 2.88. The summed E-state index contributed by atoms with van der Waals surface area (Å²) in [5, 5.41) is 3.92. The summed E-state index contributed by atoms with van der Waals surface area (Å²) in [4.78, 5) is 22.7. The lowest BCUT2D eigenvalue weighted by Gasteiger charge is -2.32. The summed E-state index contributed by atoms with van der Waals surface area (Å²) in [6.07, 6.45) is 0.971. The first-order valence-electron chi connectivity index (χ1n) is 9.96. The number of hydrogen-bond acceptors (Lipinski definition) is 6. The van der Waals surface area contributed by atoms with E-state index >= 15 is 0 Å². The normalized spacial score (nSPS) is 15.5. The molecular formula is C21H30N4O2S. The van der Waals surface area contributed by atoms with Gasteiger partial charge in [0.1, 0.15) is 15.6 Å². The highest BCUT2D eigenvalue weighted by Gasteiger charge is 2.17. The number of amides is 1. The van der Waals surface area contributed by atoms with Gasteiger partial charge in [0.25, 0.3) is 5.91 Å². The highest BCUT2D eigenvalue weighted by atomic mass is 32.1. The van der Waals surface area contributed by atoms with E-state index in [1.54, 1.807) is 0 Å². The van der Waals surface area contributed by atoms with Gasteiger partial charge < -0.3 is 19.9 Å². The summed E-state index contributed by atoms with van der Waals surface area (Å²) in [7, 11) is 2.16. The van der Waals surface area contributed by atoms with Crippen molar-refractivity contribution in [3.05, 3.63) is 34.8 Å². The Morgan fingerprint density at radius 2 is 1.93 bits per heavy atom. The molecule has 1 aromatic heterocycles. The van der Waals surface area contributed by atoms with Crippen molar-refractivity contribution in [3.63, 3.8) is 0 Å². The maximum Gasteiger partial charge on any atom is 0.263 e. The fraction of sp³-hybridized carbons (Fsp3) is 0.524. The van der Waals surface area contributed by atoms with E-state index in [1.165, 1.54) is 11.3 Å². The van der Waals surface area contributed by atoms with Crippen LogP contribution >= 0.6 is 11.3 Å². The van der Waals surface area contributed by atoms with Crippen molar-refractivity contribution in [2.45, 2.75) is 20.3 Å². The number of carbonyl (C=O) groups excluding carboxylic acids is 1. The van der Waals surface area contributed by atoms with Gasteiger partial charge >= 0.3 is 0 Å². The molecule has 0 spiro atoms. The van der Waals surface area contributed by atoms with Crippen molar-refractivity contribution in [1.29, 1.82) is 0 Å². The van der Waals surface area contributed by atoms with Gasteiger partial charge in [-0.2, -0.15) is 0 Å². The minimum Gasteiger partial charge on any atom is -0.494 e. The van der Waals surface area contributed by atoms with Crippen LogP contribution in [0.25, 0.3) is 10.6 Å².